The van der Waals surface area contributed by atoms with Gasteiger partial charge >= 0.3 is 0 Å². The van der Waals surface area contributed by atoms with Gasteiger partial charge in [-0.3, -0.25) is 15.0 Å². The molecule has 1 aromatic carbocycles. The number of nitro benzene ring substituents is 1. The van der Waals surface area contributed by atoms with Crippen molar-refractivity contribution in [1.29, 1.82) is 0 Å². The van der Waals surface area contributed by atoms with E-state index in [0.717, 1.165) is 56.6 Å². The largest absolute Gasteiger partial charge is 0.317 e. The van der Waals surface area contributed by atoms with E-state index in [9.17, 15) is 10.1 Å². The van der Waals surface area contributed by atoms with Crippen LogP contribution in [0.4, 0.5) is 5.69 Å². The van der Waals surface area contributed by atoms with E-state index in [1.165, 1.54) is 0 Å². The number of nitrogens with zero attached hydrogens (tertiary/aromatic N) is 2. The molecular formula is C16H25N3O2. The Hall–Kier alpha value is -1.46. The monoisotopic (exact) mass is 291 g/mol. The molecule has 0 saturated carbocycles. The molecule has 1 fully saturated rings. The van der Waals surface area contributed by atoms with Crippen molar-refractivity contribution in [3.05, 3.63) is 39.4 Å². The predicted octanol–water partition coefficient (Wildman–Crippen LogP) is 2.87. The lowest BCUT2D eigenvalue weighted by Gasteiger charge is -2.34. The molecular weight excluding hydrogens is 266 g/mol. The second-order valence-electron chi connectivity index (χ2n) is 5.77. The SMILES string of the molecule is CCCN(Cc1cccc([N+](=O)[O-])c1C)C1CCNCC1. The summed E-state index contributed by atoms with van der Waals surface area (Å²) in [6.07, 6.45) is 3.43. The average Bonchev–Trinajstić information content (AvgIpc) is 2.49. The summed E-state index contributed by atoms with van der Waals surface area (Å²) in [7, 11) is 0. The van der Waals surface area contributed by atoms with Gasteiger partial charge in [-0.15, -0.1) is 0 Å². The van der Waals surface area contributed by atoms with E-state index in [-0.39, 0.29) is 10.6 Å². The van der Waals surface area contributed by atoms with Crippen LogP contribution >= 0.6 is 0 Å². The third-order valence-corrected chi connectivity index (χ3v) is 4.32. The van der Waals surface area contributed by atoms with Crippen LogP contribution in [0.3, 0.4) is 0 Å². The molecule has 21 heavy (non-hydrogen) atoms. The molecule has 1 heterocycles. The predicted molar refractivity (Wildman–Crippen MR) is 84.4 cm³/mol. The van der Waals surface area contributed by atoms with Gasteiger partial charge in [-0.2, -0.15) is 0 Å². The fourth-order valence-corrected chi connectivity index (χ4v) is 3.11. The van der Waals surface area contributed by atoms with Crippen LogP contribution < -0.4 is 5.32 Å². The molecule has 0 aromatic heterocycles. The Morgan fingerprint density at radius 1 is 1.38 bits per heavy atom. The van der Waals surface area contributed by atoms with Crippen molar-refractivity contribution in [1.82, 2.24) is 10.2 Å². The summed E-state index contributed by atoms with van der Waals surface area (Å²) >= 11 is 0. The Morgan fingerprint density at radius 3 is 2.71 bits per heavy atom. The van der Waals surface area contributed by atoms with Gasteiger partial charge in [0, 0.05) is 24.2 Å². The summed E-state index contributed by atoms with van der Waals surface area (Å²) in [5.74, 6) is 0. The van der Waals surface area contributed by atoms with Gasteiger partial charge in [-0.25, -0.2) is 0 Å². The van der Waals surface area contributed by atoms with E-state index >= 15 is 0 Å². The molecule has 116 valence electrons. The standard InChI is InChI=1S/C16H25N3O2/c1-3-11-18(15-7-9-17-10-8-15)12-14-5-4-6-16(13(14)2)19(20)21/h4-6,15,17H,3,7-12H2,1-2H3. The maximum Gasteiger partial charge on any atom is 0.272 e. The molecule has 0 radical (unpaired) electrons. The third kappa shape index (κ3) is 4.02. The highest BCUT2D eigenvalue weighted by molar-refractivity contribution is 5.44. The first kappa shape index (κ1) is 15.9. The fraction of sp³-hybridized carbons (Fsp3) is 0.625. The molecule has 5 nitrogen and oxygen atoms in total. The van der Waals surface area contributed by atoms with E-state index in [1.807, 2.05) is 13.0 Å². The molecule has 5 heteroatoms. The van der Waals surface area contributed by atoms with Crippen LogP contribution in [0.25, 0.3) is 0 Å². The smallest absolute Gasteiger partial charge is 0.272 e. The number of benzene rings is 1. The number of hydrogen-bond donors (Lipinski definition) is 1. The quantitative estimate of drug-likeness (QED) is 0.647. The van der Waals surface area contributed by atoms with Gasteiger partial charge in [0.25, 0.3) is 5.69 Å². The Kier molecular flexibility index (Phi) is 5.70. The molecule has 1 aliphatic rings. The number of piperidine rings is 1. The van der Waals surface area contributed by atoms with Crippen LogP contribution in [0.1, 0.15) is 37.3 Å². The molecule has 0 spiro atoms. The van der Waals surface area contributed by atoms with Gasteiger partial charge in [0.05, 0.1) is 4.92 Å². The molecule has 2 rings (SSSR count). The van der Waals surface area contributed by atoms with Crippen molar-refractivity contribution in [2.75, 3.05) is 19.6 Å². The minimum absolute atomic E-state index is 0.231. The normalized spacial score (nSPS) is 16.3. The zero-order chi connectivity index (χ0) is 15.2. The maximum absolute atomic E-state index is 11.1. The number of rotatable bonds is 6. The summed E-state index contributed by atoms with van der Waals surface area (Å²) in [6, 6.07) is 6.00. The second kappa shape index (κ2) is 7.52. The van der Waals surface area contributed by atoms with Gasteiger partial charge < -0.3 is 5.32 Å². The lowest BCUT2D eigenvalue weighted by atomic mass is 10.0. The minimum atomic E-state index is -0.284. The van der Waals surface area contributed by atoms with Gasteiger partial charge in [0.15, 0.2) is 0 Å². The molecule has 1 saturated heterocycles. The zero-order valence-electron chi connectivity index (χ0n) is 13.0. The molecule has 0 atom stereocenters. The van der Waals surface area contributed by atoms with Crippen molar-refractivity contribution in [3.8, 4) is 0 Å². The highest BCUT2D eigenvalue weighted by Gasteiger charge is 2.22. The fourth-order valence-electron chi connectivity index (χ4n) is 3.11. The van der Waals surface area contributed by atoms with Crippen LogP contribution in [0, 0.1) is 17.0 Å². The maximum atomic E-state index is 11.1. The Balaban J connectivity index is 2.16. The summed E-state index contributed by atoms with van der Waals surface area (Å²) in [6.45, 7) is 8.05. The van der Waals surface area contributed by atoms with E-state index in [2.05, 4.69) is 17.1 Å². The molecule has 0 amide bonds. The van der Waals surface area contributed by atoms with Crippen LogP contribution in [-0.2, 0) is 6.54 Å². The summed E-state index contributed by atoms with van der Waals surface area (Å²) in [5.41, 5.74) is 2.11. The van der Waals surface area contributed by atoms with Crippen molar-refractivity contribution in [2.45, 2.75) is 45.7 Å². The molecule has 0 unspecified atom stereocenters. The lowest BCUT2D eigenvalue weighted by molar-refractivity contribution is -0.385. The molecule has 1 aromatic rings. The Labute approximate surface area is 126 Å². The average molecular weight is 291 g/mol. The van der Waals surface area contributed by atoms with Gasteiger partial charge in [0.2, 0.25) is 0 Å². The van der Waals surface area contributed by atoms with E-state index < -0.39 is 0 Å². The van der Waals surface area contributed by atoms with Crippen molar-refractivity contribution in [3.63, 3.8) is 0 Å². The number of nitro groups is 1. The molecule has 1 N–H and O–H groups in total. The van der Waals surface area contributed by atoms with Crippen LogP contribution in [0.5, 0.6) is 0 Å². The van der Waals surface area contributed by atoms with Crippen molar-refractivity contribution < 1.29 is 4.92 Å². The molecule has 1 aliphatic heterocycles. The topological polar surface area (TPSA) is 58.4 Å². The Morgan fingerprint density at radius 2 is 2.10 bits per heavy atom. The zero-order valence-corrected chi connectivity index (χ0v) is 13.0. The van der Waals surface area contributed by atoms with Gasteiger partial charge in [-0.05, 0) is 51.4 Å². The molecule has 0 bridgehead atoms. The number of nitrogens with one attached hydrogen (secondary N) is 1. The third-order valence-electron chi connectivity index (χ3n) is 4.32. The van der Waals surface area contributed by atoms with Crippen LogP contribution in [0.2, 0.25) is 0 Å². The first-order valence-corrected chi connectivity index (χ1v) is 7.81. The van der Waals surface area contributed by atoms with Crippen LogP contribution in [-0.4, -0.2) is 35.5 Å². The molecule has 0 aliphatic carbocycles. The number of hydrogen-bond acceptors (Lipinski definition) is 4. The minimum Gasteiger partial charge on any atom is -0.317 e. The summed E-state index contributed by atoms with van der Waals surface area (Å²) in [5, 5.41) is 14.5. The van der Waals surface area contributed by atoms with E-state index in [0.29, 0.717) is 6.04 Å². The summed E-state index contributed by atoms with van der Waals surface area (Å²) in [4.78, 5) is 13.3. The highest BCUT2D eigenvalue weighted by Crippen LogP contribution is 2.24. The second-order valence-corrected chi connectivity index (χ2v) is 5.77. The highest BCUT2D eigenvalue weighted by atomic mass is 16.6. The van der Waals surface area contributed by atoms with Gasteiger partial charge in [-0.1, -0.05) is 19.1 Å². The summed E-state index contributed by atoms with van der Waals surface area (Å²) < 4.78 is 0. The van der Waals surface area contributed by atoms with Crippen molar-refractivity contribution >= 4 is 5.69 Å². The Bertz CT molecular complexity index is 484. The van der Waals surface area contributed by atoms with Crippen LogP contribution in [0.15, 0.2) is 18.2 Å². The first-order chi connectivity index (χ1) is 10.1. The van der Waals surface area contributed by atoms with E-state index in [4.69, 9.17) is 0 Å². The van der Waals surface area contributed by atoms with Gasteiger partial charge in [0.1, 0.15) is 0 Å². The first-order valence-electron chi connectivity index (χ1n) is 7.81. The lowest BCUT2D eigenvalue weighted by Crippen LogP contribution is -2.43. The van der Waals surface area contributed by atoms with Crippen molar-refractivity contribution in [2.24, 2.45) is 0 Å². The van der Waals surface area contributed by atoms with E-state index in [1.54, 1.807) is 12.1 Å².